The van der Waals surface area contributed by atoms with Crippen molar-refractivity contribution in [3.63, 3.8) is 0 Å². The van der Waals surface area contributed by atoms with Crippen molar-refractivity contribution in [1.29, 1.82) is 0 Å². The van der Waals surface area contributed by atoms with Crippen LogP contribution in [-0.4, -0.2) is 25.0 Å². The molecule has 0 atom stereocenters. The number of nitrogens with one attached hydrogen (secondary N) is 2. The molecule has 1 saturated carbocycles. The summed E-state index contributed by atoms with van der Waals surface area (Å²) in [6, 6.07) is 5.71. The zero-order valence-electron chi connectivity index (χ0n) is 12.0. The maximum atomic E-state index is 12.0. The number of benzene rings is 1. The second-order valence-electron chi connectivity index (χ2n) is 4.97. The topological polar surface area (TPSA) is 63.3 Å². The zero-order valence-corrected chi connectivity index (χ0v) is 12.8. The molecule has 2 N–H and O–H groups in total. The molecular weight excluding hydrogens is 286 g/mol. The van der Waals surface area contributed by atoms with Gasteiger partial charge in [-0.2, -0.15) is 0 Å². The number of methoxy groups -OCH3 is 1. The summed E-state index contributed by atoms with van der Waals surface area (Å²) < 4.78 is 5.32. The van der Waals surface area contributed by atoms with Crippen molar-refractivity contribution in [2.24, 2.45) is 5.92 Å². The highest BCUT2D eigenvalue weighted by Gasteiger charge is 2.30. The Kier molecular flexibility index (Phi) is 3.79. The van der Waals surface area contributed by atoms with Crippen molar-refractivity contribution < 1.29 is 9.53 Å². The molecule has 5 nitrogen and oxygen atoms in total. The molecule has 110 valence electrons. The Hall–Kier alpha value is -2.08. The lowest BCUT2D eigenvalue weighted by Crippen LogP contribution is -2.14. The van der Waals surface area contributed by atoms with E-state index in [0.717, 1.165) is 29.2 Å². The van der Waals surface area contributed by atoms with E-state index in [4.69, 9.17) is 4.74 Å². The molecule has 1 fully saturated rings. The summed E-state index contributed by atoms with van der Waals surface area (Å²) in [5, 5.41) is 8.82. The third-order valence-corrected chi connectivity index (χ3v) is 4.28. The molecule has 1 heterocycles. The lowest BCUT2D eigenvalue weighted by molar-refractivity contribution is -0.117. The third-order valence-electron chi connectivity index (χ3n) is 3.42. The highest BCUT2D eigenvalue weighted by atomic mass is 32.1. The molecule has 21 heavy (non-hydrogen) atoms. The number of carbonyl (C=O) groups is 1. The van der Waals surface area contributed by atoms with Crippen LogP contribution in [0.15, 0.2) is 23.6 Å². The Balaban J connectivity index is 1.89. The predicted octanol–water partition coefficient (Wildman–Crippen LogP) is 3.21. The van der Waals surface area contributed by atoms with Crippen LogP contribution < -0.4 is 15.4 Å². The van der Waals surface area contributed by atoms with Gasteiger partial charge in [0.2, 0.25) is 5.91 Å². The van der Waals surface area contributed by atoms with Crippen LogP contribution in [0.25, 0.3) is 11.3 Å². The van der Waals surface area contributed by atoms with E-state index in [1.165, 1.54) is 0 Å². The monoisotopic (exact) mass is 303 g/mol. The number of carbonyl (C=O) groups excluding carboxylic acids is 1. The molecular formula is C15H17N3O2S. The number of amides is 1. The van der Waals surface area contributed by atoms with Gasteiger partial charge in [-0.05, 0) is 31.0 Å². The smallest absolute Gasteiger partial charge is 0.227 e. The largest absolute Gasteiger partial charge is 0.495 e. The number of anilines is 2. The van der Waals surface area contributed by atoms with Crippen LogP contribution in [0.5, 0.6) is 5.75 Å². The van der Waals surface area contributed by atoms with E-state index in [0.29, 0.717) is 11.4 Å². The van der Waals surface area contributed by atoms with Gasteiger partial charge in [0.1, 0.15) is 5.75 Å². The van der Waals surface area contributed by atoms with E-state index in [1.54, 1.807) is 18.4 Å². The first kappa shape index (κ1) is 13.9. The molecule has 2 aromatic rings. The molecule has 0 aliphatic heterocycles. The van der Waals surface area contributed by atoms with E-state index in [1.807, 2.05) is 30.6 Å². The van der Waals surface area contributed by atoms with Crippen LogP contribution in [0.3, 0.4) is 0 Å². The number of rotatable bonds is 5. The molecule has 1 aromatic heterocycles. The Morgan fingerprint density at radius 1 is 1.43 bits per heavy atom. The number of aromatic nitrogens is 1. The number of hydrogen-bond donors (Lipinski definition) is 2. The normalized spacial score (nSPS) is 13.8. The average Bonchev–Trinajstić information content (AvgIpc) is 3.25. The molecule has 6 heteroatoms. The first-order valence-electron chi connectivity index (χ1n) is 6.84. The van der Waals surface area contributed by atoms with Gasteiger partial charge in [0, 0.05) is 23.9 Å². The summed E-state index contributed by atoms with van der Waals surface area (Å²) in [6.45, 7) is 0. The molecule has 1 aromatic carbocycles. The van der Waals surface area contributed by atoms with Crippen molar-refractivity contribution in [3.05, 3.63) is 23.6 Å². The molecule has 0 bridgehead atoms. The predicted molar refractivity (Wildman–Crippen MR) is 85.0 cm³/mol. The minimum atomic E-state index is 0.0691. The fourth-order valence-corrected chi connectivity index (χ4v) is 2.75. The number of ether oxygens (including phenoxy) is 1. The summed E-state index contributed by atoms with van der Waals surface area (Å²) in [7, 11) is 3.45. The second kappa shape index (κ2) is 5.73. The Morgan fingerprint density at radius 3 is 2.86 bits per heavy atom. The molecule has 0 spiro atoms. The maximum Gasteiger partial charge on any atom is 0.227 e. The van der Waals surface area contributed by atoms with Crippen LogP contribution >= 0.6 is 11.3 Å². The number of thiazole rings is 1. The van der Waals surface area contributed by atoms with Crippen molar-refractivity contribution in [1.82, 2.24) is 4.98 Å². The van der Waals surface area contributed by atoms with Gasteiger partial charge >= 0.3 is 0 Å². The van der Waals surface area contributed by atoms with Gasteiger partial charge in [0.25, 0.3) is 0 Å². The molecule has 1 aliphatic carbocycles. The summed E-state index contributed by atoms with van der Waals surface area (Å²) >= 11 is 1.55. The fourth-order valence-electron chi connectivity index (χ4n) is 2.07. The first-order chi connectivity index (χ1) is 10.2. The van der Waals surface area contributed by atoms with Crippen LogP contribution in [-0.2, 0) is 4.79 Å². The summed E-state index contributed by atoms with van der Waals surface area (Å²) in [6.07, 6.45) is 1.96. The second-order valence-corrected chi connectivity index (χ2v) is 5.82. The SMILES string of the molecule is CNc1nc(-c2ccc(OC)c(NC(=O)C3CC3)c2)cs1. The van der Waals surface area contributed by atoms with Gasteiger partial charge in [-0.15, -0.1) is 11.3 Å². The highest BCUT2D eigenvalue weighted by molar-refractivity contribution is 7.14. The first-order valence-corrected chi connectivity index (χ1v) is 7.72. The number of nitrogens with zero attached hydrogens (tertiary/aromatic N) is 1. The standard InChI is InChI=1S/C15H17N3O2S/c1-16-15-18-12(8-21-15)10-5-6-13(20-2)11(7-10)17-14(19)9-3-4-9/h5-9H,3-4H2,1-2H3,(H,16,18)(H,17,19). The van der Waals surface area contributed by atoms with Crippen LogP contribution in [0.1, 0.15) is 12.8 Å². The molecule has 3 rings (SSSR count). The Labute approximate surface area is 127 Å². The van der Waals surface area contributed by atoms with Crippen LogP contribution in [0.2, 0.25) is 0 Å². The van der Waals surface area contributed by atoms with Gasteiger partial charge in [0.05, 0.1) is 18.5 Å². The van der Waals surface area contributed by atoms with Crippen molar-refractivity contribution in [2.75, 3.05) is 24.8 Å². The van der Waals surface area contributed by atoms with Crippen molar-refractivity contribution in [3.8, 4) is 17.0 Å². The fraction of sp³-hybridized carbons (Fsp3) is 0.333. The summed E-state index contributed by atoms with van der Waals surface area (Å²) in [5.74, 6) is 0.894. The van der Waals surface area contributed by atoms with E-state index in [2.05, 4.69) is 15.6 Å². The highest BCUT2D eigenvalue weighted by Crippen LogP contribution is 2.35. The van der Waals surface area contributed by atoms with E-state index < -0.39 is 0 Å². The van der Waals surface area contributed by atoms with Gasteiger partial charge < -0.3 is 15.4 Å². The lowest BCUT2D eigenvalue weighted by Gasteiger charge is -2.11. The van der Waals surface area contributed by atoms with Crippen LogP contribution in [0, 0.1) is 5.92 Å². The minimum absolute atomic E-state index is 0.0691. The summed E-state index contributed by atoms with van der Waals surface area (Å²) in [4.78, 5) is 16.4. The quantitative estimate of drug-likeness (QED) is 0.890. The van der Waals surface area contributed by atoms with Gasteiger partial charge in [-0.3, -0.25) is 4.79 Å². The molecule has 1 aliphatic rings. The summed E-state index contributed by atoms with van der Waals surface area (Å²) in [5.41, 5.74) is 2.54. The maximum absolute atomic E-state index is 12.0. The van der Waals surface area contributed by atoms with E-state index in [9.17, 15) is 4.79 Å². The van der Waals surface area contributed by atoms with E-state index in [-0.39, 0.29) is 11.8 Å². The number of hydrogen-bond acceptors (Lipinski definition) is 5. The third kappa shape index (κ3) is 3.00. The Bertz CT molecular complexity index is 665. The molecule has 0 unspecified atom stereocenters. The van der Waals surface area contributed by atoms with Crippen LogP contribution in [0.4, 0.5) is 10.8 Å². The molecule has 0 radical (unpaired) electrons. The van der Waals surface area contributed by atoms with Crippen molar-refractivity contribution >= 4 is 28.1 Å². The minimum Gasteiger partial charge on any atom is -0.495 e. The Morgan fingerprint density at radius 2 is 2.24 bits per heavy atom. The van der Waals surface area contributed by atoms with Gasteiger partial charge in [-0.25, -0.2) is 4.98 Å². The molecule has 0 saturated heterocycles. The van der Waals surface area contributed by atoms with Crippen molar-refractivity contribution in [2.45, 2.75) is 12.8 Å². The van der Waals surface area contributed by atoms with E-state index >= 15 is 0 Å². The average molecular weight is 303 g/mol. The zero-order chi connectivity index (χ0) is 14.8. The lowest BCUT2D eigenvalue weighted by atomic mass is 10.1. The van der Waals surface area contributed by atoms with Gasteiger partial charge in [0.15, 0.2) is 5.13 Å². The molecule has 1 amide bonds. The van der Waals surface area contributed by atoms with Gasteiger partial charge in [-0.1, -0.05) is 0 Å².